The fourth-order valence-electron chi connectivity index (χ4n) is 3.45. The predicted octanol–water partition coefficient (Wildman–Crippen LogP) is 4.03. The van der Waals surface area contributed by atoms with Crippen LogP contribution in [0.3, 0.4) is 0 Å². The van der Waals surface area contributed by atoms with Gasteiger partial charge < -0.3 is 14.8 Å². The molecule has 1 aliphatic rings. The Kier molecular flexibility index (Phi) is 6.55. The first kappa shape index (κ1) is 22.0. The fourth-order valence-corrected chi connectivity index (χ4v) is 4.41. The van der Waals surface area contributed by atoms with E-state index in [0.717, 1.165) is 23.1 Å². The van der Waals surface area contributed by atoms with E-state index in [1.807, 2.05) is 25.1 Å². The van der Waals surface area contributed by atoms with Gasteiger partial charge in [-0.25, -0.2) is 8.42 Å². The molecule has 1 N–H and O–H groups in total. The number of hydrogen-bond donors (Lipinski definition) is 1. The normalized spacial score (nSPS) is 12.8. The van der Waals surface area contributed by atoms with Gasteiger partial charge >= 0.3 is 0 Å². The average molecular weight is 433 g/mol. The Morgan fingerprint density at radius 2 is 1.90 bits per heavy atom. The molecule has 8 heteroatoms. The number of rotatable bonds is 8. The summed E-state index contributed by atoms with van der Waals surface area (Å²) in [6.07, 6.45) is 1.75. The summed E-state index contributed by atoms with van der Waals surface area (Å²) in [5, 5.41) is 3.00. The molecule has 2 aromatic rings. The van der Waals surface area contributed by atoms with E-state index < -0.39 is 10.0 Å². The van der Waals surface area contributed by atoms with Crippen molar-refractivity contribution in [3.8, 4) is 11.5 Å². The number of fused-ring (bicyclic) bond motifs is 1. The summed E-state index contributed by atoms with van der Waals surface area (Å²) in [6, 6.07) is 11.0. The maximum atomic E-state index is 12.5. The zero-order valence-corrected chi connectivity index (χ0v) is 18.6. The third kappa shape index (κ3) is 5.05. The quantitative estimate of drug-likeness (QED) is 0.681. The number of ether oxygens (including phenoxy) is 2. The van der Waals surface area contributed by atoms with Crippen LogP contribution in [0, 0.1) is 6.92 Å². The second-order valence-electron chi connectivity index (χ2n) is 7.72. The van der Waals surface area contributed by atoms with Gasteiger partial charge in [0.15, 0.2) is 11.5 Å². The highest BCUT2D eigenvalue weighted by atomic mass is 32.2. The van der Waals surface area contributed by atoms with Gasteiger partial charge in [0.25, 0.3) is 0 Å². The molecule has 0 radical (unpaired) electrons. The standard InChI is InChI=1S/C22H28N2O5S/c1-15(2)18-8-5-7-16(3)22(18)23-21(25)9-6-12-24(30(4,26)27)17-10-11-19-20(13-17)29-14-28-19/h5,7-8,10-11,13,15H,6,9,12,14H2,1-4H3,(H,23,25). The van der Waals surface area contributed by atoms with E-state index >= 15 is 0 Å². The van der Waals surface area contributed by atoms with Crippen molar-refractivity contribution in [2.24, 2.45) is 0 Å². The van der Waals surface area contributed by atoms with Crippen LogP contribution in [0.2, 0.25) is 0 Å². The van der Waals surface area contributed by atoms with Gasteiger partial charge in [0.1, 0.15) is 0 Å². The van der Waals surface area contributed by atoms with Gasteiger partial charge in [-0.05, 0) is 42.5 Å². The molecule has 0 fully saturated rings. The van der Waals surface area contributed by atoms with Crippen molar-refractivity contribution in [3.63, 3.8) is 0 Å². The molecule has 162 valence electrons. The van der Waals surface area contributed by atoms with Crippen LogP contribution < -0.4 is 19.1 Å². The van der Waals surface area contributed by atoms with Crippen molar-refractivity contribution >= 4 is 27.3 Å². The number of nitrogens with one attached hydrogen (secondary N) is 1. The minimum absolute atomic E-state index is 0.120. The number of amides is 1. The Hall–Kier alpha value is -2.74. The third-order valence-corrected chi connectivity index (χ3v) is 6.20. The van der Waals surface area contributed by atoms with E-state index in [4.69, 9.17) is 9.47 Å². The van der Waals surface area contributed by atoms with Crippen LogP contribution in [0.5, 0.6) is 11.5 Å². The Morgan fingerprint density at radius 3 is 2.60 bits per heavy atom. The van der Waals surface area contributed by atoms with Gasteiger partial charge in [-0.1, -0.05) is 32.0 Å². The van der Waals surface area contributed by atoms with E-state index in [0.29, 0.717) is 23.6 Å². The Labute approximate surface area is 178 Å². The number of benzene rings is 2. The van der Waals surface area contributed by atoms with Crippen LogP contribution in [0.4, 0.5) is 11.4 Å². The molecule has 1 aliphatic heterocycles. The summed E-state index contributed by atoms with van der Waals surface area (Å²) < 4.78 is 36.5. The van der Waals surface area contributed by atoms with Gasteiger partial charge in [-0.15, -0.1) is 0 Å². The lowest BCUT2D eigenvalue weighted by molar-refractivity contribution is -0.116. The molecular formula is C22H28N2O5S. The molecule has 0 aromatic heterocycles. The summed E-state index contributed by atoms with van der Waals surface area (Å²) in [5.41, 5.74) is 3.42. The zero-order chi connectivity index (χ0) is 21.9. The summed E-state index contributed by atoms with van der Waals surface area (Å²) in [4.78, 5) is 12.5. The second kappa shape index (κ2) is 8.95. The van der Waals surface area contributed by atoms with Crippen molar-refractivity contribution in [3.05, 3.63) is 47.5 Å². The maximum Gasteiger partial charge on any atom is 0.232 e. The van der Waals surface area contributed by atoms with Gasteiger partial charge in [-0.2, -0.15) is 0 Å². The first-order valence-corrected chi connectivity index (χ1v) is 11.8. The molecule has 2 aromatic carbocycles. The molecule has 0 saturated carbocycles. The first-order valence-electron chi connectivity index (χ1n) is 9.93. The smallest absolute Gasteiger partial charge is 0.232 e. The monoisotopic (exact) mass is 432 g/mol. The number of sulfonamides is 1. The largest absolute Gasteiger partial charge is 0.454 e. The van der Waals surface area contributed by atoms with Crippen LogP contribution in [0.15, 0.2) is 36.4 Å². The van der Waals surface area contributed by atoms with Crippen molar-refractivity contribution in [2.75, 3.05) is 29.2 Å². The van der Waals surface area contributed by atoms with Crippen molar-refractivity contribution < 1.29 is 22.7 Å². The highest BCUT2D eigenvalue weighted by Crippen LogP contribution is 2.36. The van der Waals surface area contributed by atoms with Gasteiger partial charge in [0, 0.05) is 24.7 Å². The van der Waals surface area contributed by atoms with Crippen molar-refractivity contribution in [2.45, 2.75) is 39.5 Å². The molecule has 0 bridgehead atoms. The van der Waals surface area contributed by atoms with Crippen LogP contribution in [-0.2, 0) is 14.8 Å². The fraction of sp³-hybridized carbons (Fsp3) is 0.409. The van der Waals surface area contributed by atoms with Crippen LogP contribution in [0.25, 0.3) is 0 Å². The molecule has 3 rings (SSSR count). The lowest BCUT2D eigenvalue weighted by Gasteiger charge is -2.22. The molecule has 0 atom stereocenters. The van der Waals surface area contributed by atoms with E-state index in [9.17, 15) is 13.2 Å². The Bertz CT molecular complexity index is 1030. The zero-order valence-electron chi connectivity index (χ0n) is 17.8. The molecule has 1 amide bonds. The van der Waals surface area contributed by atoms with Crippen LogP contribution in [-0.4, -0.2) is 33.9 Å². The number of anilines is 2. The number of aryl methyl sites for hydroxylation is 1. The molecular weight excluding hydrogens is 404 g/mol. The van der Waals surface area contributed by atoms with E-state index in [-0.39, 0.29) is 31.6 Å². The second-order valence-corrected chi connectivity index (χ2v) is 9.63. The van der Waals surface area contributed by atoms with Gasteiger partial charge in [-0.3, -0.25) is 9.10 Å². The summed E-state index contributed by atoms with van der Waals surface area (Å²) in [5.74, 6) is 1.25. The number of carbonyl (C=O) groups excluding carboxylic acids is 1. The highest BCUT2D eigenvalue weighted by Gasteiger charge is 2.22. The lowest BCUT2D eigenvalue weighted by atomic mass is 9.98. The summed E-state index contributed by atoms with van der Waals surface area (Å²) >= 11 is 0. The topological polar surface area (TPSA) is 84.9 Å². The van der Waals surface area contributed by atoms with Crippen molar-refractivity contribution in [1.29, 1.82) is 0 Å². The molecule has 0 spiro atoms. The maximum absolute atomic E-state index is 12.5. The van der Waals surface area contributed by atoms with Gasteiger partial charge in [0.05, 0.1) is 11.9 Å². The number of para-hydroxylation sites is 1. The van der Waals surface area contributed by atoms with E-state index in [1.54, 1.807) is 18.2 Å². The van der Waals surface area contributed by atoms with E-state index in [1.165, 1.54) is 4.31 Å². The predicted molar refractivity (Wildman–Crippen MR) is 118 cm³/mol. The lowest BCUT2D eigenvalue weighted by Crippen LogP contribution is -2.31. The SMILES string of the molecule is Cc1cccc(C(C)C)c1NC(=O)CCCN(c1ccc2c(c1)OCO2)S(C)(=O)=O. The first-order chi connectivity index (χ1) is 14.2. The molecule has 1 heterocycles. The molecule has 7 nitrogen and oxygen atoms in total. The van der Waals surface area contributed by atoms with Crippen LogP contribution in [0.1, 0.15) is 43.7 Å². The average Bonchev–Trinajstić information content (AvgIpc) is 3.13. The van der Waals surface area contributed by atoms with Crippen molar-refractivity contribution in [1.82, 2.24) is 0 Å². The molecule has 30 heavy (non-hydrogen) atoms. The number of carbonyl (C=O) groups is 1. The minimum Gasteiger partial charge on any atom is -0.454 e. The Balaban J connectivity index is 1.66. The van der Waals surface area contributed by atoms with Crippen LogP contribution >= 0.6 is 0 Å². The highest BCUT2D eigenvalue weighted by molar-refractivity contribution is 7.92. The molecule has 0 aliphatic carbocycles. The third-order valence-electron chi connectivity index (χ3n) is 5.00. The molecule has 0 unspecified atom stereocenters. The Morgan fingerprint density at radius 1 is 1.17 bits per heavy atom. The molecule has 0 saturated heterocycles. The van der Waals surface area contributed by atoms with Gasteiger partial charge in [0.2, 0.25) is 22.7 Å². The number of nitrogens with zero attached hydrogens (tertiary/aromatic N) is 1. The number of hydrogen-bond acceptors (Lipinski definition) is 5. The minimum atomic E-state index is -3.51. The van der Waals surface area contributed by atoms with E-state index in [2.05, 4.69) is 19.2 Å². The summed E-state index contributed by atoms with van der Waals surface area (Å²) in [7, 11) is -3.51. The summed E-state index contributed by atoms with van der Waals surface area (Å²) in [6.45, 7) is 6.44.